The molecule has 6 unspecified atom stereocenters. The topological polar surface area (TPSA) is 191 Å². The number of carboxylic acids is 1. The highest BCUT2D eigenvalue weighted by atomic mass is 16.4. The van der Waals surface area contributed by atoms with Gasteiger partial charge in [0.05, 0.1) is 12.2 Å². The molecule has 0 rings (SSSR count). The van der Waals surface area contributed by atoms with Crippen molar-refractivity contribution in [3.05, 3.63) is 0 Å². The van der Waals surface area contributed by atoms with Crippen LogP contribution in [0.1, 0.15) is 41.0 Å². The third kappa shape index (κ3) is 8.63. The first-order valence-corrected chi connectivity index (χ1v) is 9.03. The van der Waals surface area contributed by atoms with Gasteiger partial charge in [0.25, 0.3) is 0 Å². The van der Waals surface area contributed by atoms with Crippen LogP contribution in [0.5, 0.6) is 0 Å². The van der Waals surface area contributed by atoms with Gasteiger partial charge in [-0.15, -0.1) is 0 Å². The molecule has 8 N–H and O–H groups in total. The van der Waals surface area contributed by atoms with Gasteiger partial charge in [0.2, 0.25) is 17.7 Å². The van der Waals surface area contributed by atoms with Gasteiger partial charge in [-0.05, 0) is 33.1 Å². The van der Waals surface area contributed by atoms with Gasteiger partial charge < -0.3 is 37.0 Å². The Bertz CT molecular complexity index is 566. The summed E-state index contributed by atoms with van der Waals surface area (Å²) in [6.45, 7) is 7.47. The summed E-state index contributed by atoms with van der Waals surface area (Å²) in [6.07, 6.45) is -2.28. The zero-order valence-corrected chi connectivity index (χ0v) is 16.8. The van der Waals surface area contributed by atoms with E-state index in [4.69, 9.17) is 10.8 Å². The summed E-state index contributed by atoms with van der Waals surface area (Å²) in [6, 6.07) is -4.95. The minimum Gasteiger partial charge on any atom is -0.480 e. The van der Waals surface area contributed by atoms with Crippen LogP contribution in [0, 0.1) is 5.92 Å². The third-order valence-corrected chi connectivity index (χ3v) is 3.95. The molecule has 0 heterocycles. The normalized spacial score (nSPS) is 17.6. The number of nitrogens with two attached hydrogens (primary N) is 1. The standard InChI is InChI=1S/C17H32N4O7/c1-7(2)6-11(14(24)19-8(3)17(27)28)20-16(26)13(10(5)23)21-15(25)12(18)9(4)22/h7-13,22-23H,6,18H2,1-5H3,(H,19,24)(H,20,26)(H,21,25)(H,27,28). The van der Waals surface area contributed by atoms with Crippen LogP contribution in [-0.2, 0) is 19.2 Å². The third-order valence-electron chi connectivity index (χ3n) is 3.95. The Balaban J connectivity index is 5.29. The van der Waals surface area contributed by atoms with Crippen molar-refractivity contribution in [1.29, 1.82) is 0 Å². The molecule has 3 amide bonds. The maximum absolute atomic E-state index is 12.5. The molecule has 0 aliphatic rings. The molecule has 28 heavy (non-hydrogen) atoms. The number of carbonyl (C=O) groups excluding carboxylic acids is 3. The van der Waals surface area contributed by atoms with E-state index in [9.17, 15) is 29.4 Å². The number of aliphatic carboxylic acids is 1. The first-order valence-electron chi connectivity index (χ1n) is 9.03. The maximum Gasteiger partial charge on any atom is 0.325 e. The molecular weight excluding hydrogens is 372 g/mol. The second-order valence-electron chi connectivity index (χ2n) is 7.25. The fourth-order valence-corrected chi connectivity index (χ4v) is 2.21. The average Bonchev–Trinajstić information content (AvgIpc) is 2.56. The van der Waals surface area contributed by atoms with Gasteiger partial charge in [-0.3, -0.25) is 19.2 Å². The van der Waals surface area contributed by atoms with Crippen molar-refractivity contribution in [2.45, 2.75) is 77.4 Å². The van der Waals surface area contributed by atoms with Crippen molar-refractivity contribution in [2.75, 3.05) is 0 Å². The molecular formula is C17H32N4O7. The van der Waals surface area contributed by atoms with Crippen molar-refractivity contribution >= 4 is 23.7 Å². The lowest BCUT2D eigenvalue weighted by molar-refractivity contribution is -0.142. The van der Waals surface area contributed by atoms with Crippen LogP contribution in [0.3, 0.4) is 0 Å². The van der Waals surface area contributed by atoms with Crippen LogP contribution < -0.4 is 21.7 Å². The maximum atomic E-state index is 12.5. The molecule has 0 saturated heterocycles. The fraction of sp³-hybridized carbons (Fsp3) is 0.765. The summed E-state index contributed by atoms with van der Waals surface area (Å²) in [5.74, 6) is -3.64. The van der Waals surface area contributed by atoms with E-state index in [0.717, 1.165) is 0 Å². The molecule has 0 aliphatic heterocycles. The fourth-order valence-electron chi connectivity index (χ4n) is 2.21. The summed E-state index contributed by atoms with van der Waals surface area (Å²) >= 11 is 0. The molecule has 0 fully saturated rings. The number of carboxylic acid groups (broad SMARTS) is 1. The van der Waals surface area contributed by atoms with Crippen LogP contribution in [0.25, 0.3) is 0 Å². The number of rotatable bonds is 11. The average molecular weight is 404 g/mol. The van der Waals surface area contributed by atoms with Gasteiger partial charge >= 0.3 is 5.97 Å². The zero-order chi connectivity index (χ0) is 22.2. The lowest BCUT2D eigenvalue weighted by atomic mass is 10.0. The van der Waals surface area contributed by atoms with Gasteiger partial charge in [0.1, 0.15) is 24.2 Å². The Labute approximate surface area is 164 Å². The molecule has 0 aromatic carbocycles. The van der Waals surface area contributed by atoms with Crippen LogP contribution in [-0.4, -0.2) is 75.4 Å². The molecule has 11 nitrogen and oxygen atoms in total. The highest BCUT2D eigenvalue weighted by Crippen LogP contribution is 2.07. The SMILES string of the molecule is CC(C)CC(NC(=O)C(NC(=O)C(N)C(C)O)C(C)O)C(=O)NC(C)C(=O)O. The van der Waals surface area contributed by atoms with Gasteiger partial charge in [0.15, 0.2) is 0 Å². The molecule has 0 saturated carbocycles. The van der Waals surface area contributed by atoms with E-state index in [-0.39, 0.29) is 12.3 Å². The summed E-state index contributed by atoms with van der Waals surface area (Å²) < 4.78 is 0. The highest BCUT2D eigenvalue weighted by Gasteiger charge is 2.32. The summed E-state index contributed by atoms with van der Waals surface area (Å²) in [5, 5.41) is 35.1. The zero-order valence-electron chi connectivity index (χ0n) is 16.8. The number of amides is 3. The lowest BCUT2D eigenvalue weighted by Crippen LogP contribution is -2.60. The predicted molar refractivity (Wildman–Crippen MR) is 99.9 cm³/mol. The summed E-state index contributed by atoms with van der Waals surface area (Å²) in [5.41, 5.74) is 5.51. The van der Waals surface area contributed by atoms with Crippen molar-refractivity contribution in [1.82, 2.24) is 16.0 Å². The van der Waals surface area contributed by atoms with E-state index in [1.807, 2.05) is 13.8 Å². The Morgan fingerprint density at radius 2 is 1.36 bits per heavy atom. The van der Waals surface area contributed by atoms with Crippen molar-refractivity contribution < 1.29 is 34.5 Å². The molecule has 0 aromatic heterocycles. The lowest BCUT2D eigenvalue weighted by Gasteiger charge is -2.27. The second-order valence-corrected chi connectivity index (χ2v) is 7.25. The number of aliphatic hydroxyl groups is 2. The van der Waals surface area contributed by atoms with Crippen molar-refractivity contribution in [2.24, 2.45) is 11.7 Å². The predicted octanol–water partition coefficient (Wildman–Crippen LogP) is -2.32. The van der Waals surface area contributed by atoms with E-state index in [1.54, 1.807) is 0 Å². The number of hydrogen-bond acceptors (Lipinski definition) is 7. The van der Waals surface area contributed by atoms with Crippen LogP contribution in [0.2, 0.25) is 0 Å². The van der Waals surface area contributed by atoms with Gasteiger partial charge in [-0.1, -0.05) is 13.8 Å². The van der Waals surface area contributed by atoms with Crippen LogP contribution >= 0.6 is 0 Å². The van der Waals surface area contributed by atoms with Gasteiger partial charge in [-0.2, -0.15) is 0 Å². The number of carbonyl (C=O) groups is 4. The summed E-state index contributed by atoms with van der Waals surface area (Å²) in [4.78, 5) is 47.8. The van der Waals surface area contributed by atoms with E-state index in [0.29, 0.717) is 0 Å². The molecule has 0 spiro atoms. The van der Waals surface area contributed by atoms with Gasteiger partial charge in [0, 0.05) is 0 Å². The van der Waals surface area contributed by atoms with E-state index >= 15 is 0 Å². The Hall–Kier alpha value is -2.24. The number of nitrogens with one attached hydrogen (secondary N) is 3. The monoisotopic (exact) mass is 404 g/mol. The van der Waals surface area contributed by atoms with E-state index < -0.39 is 60.1 Å². The van der Waals surface area contributed by atoms with Crippen LogP contribution in [0.15, 0.2) is 0 Å². The quantitative estimate of drug-likeness (QED) is 0.199. The highest BCUT2D eigenvalue weighted by molar-refractivity contribution is 5.94. The number of hydrogen-bond donors (Lipinski definition) is 7. The first kappa shape index (κ1) is 25.8. The van der Waals surface area contributed by atoms with Crippen molar-refractivity contribution in [3.63, 3.8) is 0 Å². The molecule has 0 radical (unpaired) electrons. The Morgan fingerprint density at radius 3 is 1.75 bits per heavy atom. The van der Waals surface area contributed by atoms with E-state index in [2.05, 4.69) is 16.0 Å². The molecule has 11 heteroatoms. The molecule has 0 aromatic rings. The number of aliphatic hydroxyl groups excluding tert-OH is 2. The minimum atomic E-state index is -1.42. The first-order chi connectivity index (χ1) is 12.8. The van der Waals surface area contributed by atoms with Gasteiger partial charge in [-0.25, -0.2) is 0 Å². The summed E-state index contributed by atoms with van der Waals surface area (Å²) in [7, 11) is 0. The van der Waals surface area contributed by atoms with E-state index in [1.165, 1.54) is 20.8 Å². The second kappa shape index (κ2) is 11.6. The largest absolute Gasteiger partial charge is 0.480 e. The van der Waals surface area contributed by atoms with Crippen molar-refractivity contribution in [3.8, 4) is 0 Å². The Kier molecular flexibility index (Phi) is 10.6. The molecule has 0 bridgehead atoms. The minimum absolute atomic E-state index is 0.0144. The molecule has 6 atom stereocenters. The molecule has 162 valence electrons. The smallest absolute Gasteiger partial charge is 0.325 e. The van der Waals surface area contributed by atoms with Crippen LogP contribution in [0.4, 0.5) is 0 Å². The Morgan fingerprint density at radius 1 is 0.821 bits per heavy atom. The molecule has 0 aliphatic carbocycles.